The van der Waals surface area contributed by atoms with Crippen LogP contribution in [0.5, 0.6) is 0 Å². The average molecular weight is 454 g/mol. The van der Waals surface area contributed by atoms with Crippen molar-refractivity contribution in [3.05, 3.63) is 60.7 Å². The Bertz CT molecular complexity index is 330. The molecule has 0 nitrogen and oxygen atoms in total. The molecule has 0 amide bonds. The van der Waals surface area contributed by atoms with Gasteiger partial charge in [0.05, 0.1) is 0 Å². The van der Waals surface area contributed by atoms with Gasteiger partial charge in [0.1, 0.15) is 0 Å². The molecule has 0 fully saturated rings. The number of benzene rings is 2. The number of halogens is 2. The molecule has 0 aliphatic carbocycles. The summed E-state index contributed by atoms with van der Waals surface area (Å²) >= 11 is 0.0186. The summed E-state index contributed by atoms with van der Waals surface area (Å²) in [6, 6.07) is 21.4. The molecular weight excluding hydrogens is 441 g/mol. The topological polar surface area (TPSA) is 0 Å². The quantitative estimate of drug-likeness (QED) is 0.404. The first-order chi connectivity index (χ1) is 6.45. The molecule has 1 unspecified atom stereocenters. The van der Waals surface area contributed by atoms with E-state index in [4.69, 9.17) is 0 Å². The van der Waals surface area contributed by atoms with Crippen LogP contribution in [0.25, 0.3) is 0 Å². The minimum absolute atomic E-state index is 0. The van der Waals surface area contributed by atoms with Crippen LogP contribution in [0.3, 0.4) is 0 Å². The third-order valence-corrected chi connectivity index (χ3v) is 4.43. The Morgan fingerprint density at radius 2 is 0.875 bits per heavy atom. The standard InChI is InChI=1S/2C6H5.2ClH.H3P.Pt/c2*1-2-4-6-5-3-1;;;;/h2*1-5H;2*1H;1H3;/q;;;;;+2/p-2. The van der Waals surface area contributed by atoms with E-state index < -0.39 is 0 Å². The second kappa shape index (κ2) is 10.3. The SMILES string of the molecule is P.[Cl-].[Cl-].c1cc[c]([Pt+2][c]2ccccc2)cc1. The van der Waals surface area contributed by atoms with Gasteiger partial charge in [0.15, 0.2) is 0 Å². The van der Waals surface area contributed by atoms with Crippen molar-refractivity contribution in [2.75, 3.05) is 0 Å². The molecule has 0 radical (unpaired) electrons. The molecule has 0 N–H and O–H groups in total. The van der Waals surface area contributed by atoms with E-state index in [1.54, 1.807) is 0 Å². The van der Waals surface area contributed by atoms with Crippen LogP contribution < -0.4 is 32.7 Å². The van der Waals surface area contributed by atoms with Crippen molar-refractivity contribution < 1.29 is 43.4 Å². The summed E-state index contributed by atoms with van der Waals surface area (Å²) < 4.78 is 2.96. The van der Waals surface area contributed by atoms with Crippen molar-refractivity contribution in [2.45, 2.75) is 0 Å². The molecule has 0 saturated heterocycles. The molecule has 2 rings (SSSR count). The first-order valence-electron chi connectivity index (χ1n) is 4.14. The molecule has 0 aliphatic rings. The van der Waals surface area contributed by atoms with Crippen LogP contribution >= 0.6 is 9.90 Å². The molecule has 0 aliphatic heterocycles. The van der Waals surface area contributed by atoms with Crippen molar-refractivity contribution >= 4 is 17.8 Å². The van der Waals surface area contributed by atoms with E-state index in [0.29, 0.717) is 0 Å². The van der Waals surface area contributed by atoms with Gasteiger partial charge in [-0.2, -0.15) is 9.90 Å². The molecule has 1 atom stereocenters. The number of hydrogen-bond donors (Lipinski definition) is 0. The molecule has 16 heavy (non-hydrogen) atoms. The Morgan fingerprint density at radius 3 is 1.19 bits per heavy atom. The predicted molar refractivity (Wildman–Crippen MR) is 63.3 cm³/mol. The predicted octanol–water partition coefficient (Wildman–Crippen LogP) is -4.21. The summed E-state index contributed by atoms with van der Waals surface area (Å²) in [6.45, 7) is 0. The Labute approximate surface area is 121 Å². The molecule has 0 spiro atoms. The first-order valence-corrected chi connectivity index (χ1v) is 6.41. The third kappa shape index (κ3) is 6.02. The van der Waals surface area contributed by atoms with E-state index in [9.17, 15) is 0 Å². The summed E-state index contributed by atoms with van der Waals surface area (Å²) in [5.41, 5.74) is 0. The molecule has 0 saturated carbocycles. The van der Waals surface area contributed by atoms with Gasteiger partial charge in [0.25, 0.3) is 0 Å². The van der Waals surface area contributed by atoms with Crippen LogP contribution in [-0.4, -0.2) is 0 Å². The fraction of sp³-hybridized carbons (Fsp3) is 0. The summed E-state index contributed by atoms with van der Waals surface area (Å²) in [6.07, 6.45) is 0. The zero-order chi connectivity index (χ0) is 8.93. The Balaban J connectivity index is 0. The van der Waals surface area contributed by atoms with E-state index in [1.807, 2.05) is 0 Å². The maximum atomic E-state index is 2.21. The summed E-state index contributed by atoms with van der Waals surface area (Å²) in [5, 5.41) is 0. The van der Waals surface area contributed by atoms with Crippen LogP contribution in [-0.2, 0) is 18.6 Å². The Kier molecular flexibility index (Phi) is 11.9. The molecule has 0 bridgehead atoms. The van der Waals surface area contributed by atoms with Gasteiger partial charge in [-0.1, -0.05) is 0 Å². The summed E-state index contributed by atoms with van der Waals surface area (Å²) in [5.74, 6) is 0. The van der Waals surface area contributed by atoms with Crippen LogP contribution in [0.2, 0.25) is 0 Å². The van der Waals surface area contributed by atoms with Crippen LogP contribution in [0, 0.1) is 0 Å². The molecule has 0 aromatic heterocycles. The fourth-order valence-electron chi connectivity index (χ4n) is 1.02. The number of hydrogen-bond acceptors (Lipinski definition) is 0. The van der Waals surface area contributed by atoms with Gasteiger partial charge in [-0.15, -0.1) is 0 Å². The van der Waals surface area contributed by atoms with Crippen molar-refractivity contribution in [2.24, 2.45) is 0 Å². The van der Waals surface area contributed by atoms with Gasteiger partial charge in [-0.25, -0.2) is 0 Å². The number of rotatable bonds is 2. The van der Waals surface area contributed by atoms with E-state index in [-0.39, 0.29) is 53.3 Å². The van der Waals surface area contributed by atoms with Crippen LogP contribution in [0.4, 0.5) is 0 Å². The molecule has 90 valence electrons. The average Bonchev–Trinajstić information content (AvgIpc) is 2.21. The van der Waals surface area contributed by atoms with E-state index in [0.717, 1.165) is 0 Å². The second-order valence-electron chi connectivity index (χ2n) is 2.60. The molecule has 0 heterocycles. The Morgan fingerprint density at radius 1 is 0.562 bits per heavy atom. The van der Waals surface area contributed by atoms with E-state index in [1.165, 1.54) is 7.91 Å². The first kappa shape index (κ1) is 18.5. The summed E-state index contributed by atoms with van der Waals surface area (Å²) in [7, 11) is 0. The zero-order valence-electron chi connectivity index (χ0n) is 8.55. The zero-order valence-corrected chi connectivity index (χ0v) is 13.8. The molecule has 2 aromatic rings. The fourth-order valence-corrected chi connectivity index (χ4v) is 3.41. The molecular formula is C12H13Cl2PPt. The van der Waals surface area contributed by atoms with Crippen molar-refractivity contribution in [1.82, 2.24) is 0 Å². The van der Waals surface area contributed by atoms with Crippen molar-refractivity contribution in [3.8, 4) is 0 Å². The minimum atomic E-state index is 0. The monoisotopic (exact) mass is 453 g/mol. The van der Waals surface area contributed by atoms with Gasteiger partial charge in [-0.05, 0) is 0 Å². The van der Waals surface area contributed by atoms with Gasteiger partial charge < -0.3 is 24.8 Å². The van der Waals surface area contributed by atoms with Crippen LogP contribution in [0.15, 0.2) is 60.7 Å². The van der Waals surface area contributed by atoms with Crippen molar-refractivity contribution in [3.63, 3.8) is 0 Å². The van der Waals surface area contributed by atoms with Crippen molar-refractivity contribution in [1.29, 1.82) is 0 Å². The van der Waals surface area contributed by atoms with Crippen LogP contribution in [0.1, 0.15) is 0 Å². The van der Waals surface area contributed by atoms with Gasteiger partial charge >= 0.3 is 87.1 Å². The molecule has 4 heteroatoms. The second-order valence-corrected chi connectivity index (χ2v) is 5.79. The van der Waals surface area contributed by atoms with E-state index >= 15 is 0 Å². The van der Waals surface area contributed by atoms with Gasteiger partial charge in [0.2, 0.25) is 0 Å². The van der Waals surface area contributed by atoms with E-state index in [2.05, 4.69) is 60.7 Å². The molecule has 2 aromatic carbocycles. The normalized spacial score (nSPS) is 8.25. The maximum absolute atomic E-state index is 2.21. The van der Waals surface area contributed by atoms with Gasteiger partial charge in [-0.3, -0.25) is 0 Å². The van der Waals surface area contributed by atoms with Gasteiger partial charge in [0, 0.05) is 0 Å². The Hall–Kier alpha value is 0.138. The summed E-state index contributed by atoms with van der Waals surface area (Å²) in [4.78, 5) is 0. The third-order valence-electron chi connectivity index (χ3n) is 1.61.